The Morgan fingerprint density at radius 3 is 2.70 bits per heavy atom. The van der Waals surface area contributed by atoms with Gasteiger partial charge in [-0.1, -0.05) is 28.0 Å². The summed E-state index contributed by atoms with van der Waals surface area (Å²) in [6.07, 6.45) is 0. The van der Waals surface area contributed by atoms with Gasteiger partial charge >= 0.3 is 5.82 Å². The third-order valence-corrected chi connectivity index (χ3v) is 2.71. The normalized spacial score (nSPS) is 10.7. The zero-order valence-electron chi connectivity index (χ0n) is 10.4. The van der Waals surface area contributed by atoms with Gasteiger partial charge in [-0.25, -0.2) is 0 Å². The van der Waals surface area contributed by atoms with E-state index in [-0.39, 0.29) is 17.3 Å². The lowest BCUT2D eigenvalue weighted by molar-refractivity contribution is -0.389. The first kappa shape index (κ1) is 12.0. The number of aromatic nitrogens is 4. The zero-order valence-corrected chi connectivity index (χ0v) is 10.4. The van der Waals surface area contributed by atoms with E-state index in [0.29, 0.717) is 5.89 Å². The summed E-state index contributed by atoms with van der Waals surface area (Å²) in [5.41, 5.74) is 2.16. The summed E-state index contributed by atoms with van der Waals surface area (Å²) in [7, 11) is 0. The average molecular weight is 271 g/mol. The smallest absolute Gasteiger partial charge is 0.343 e. The molecule has 0 spiro atoms. The molecule has 0 atom stereocenters. The Balaban J connectivity index is 1.93. The van der Waals surface area contributed by atoms with Crippen LogP contribution in [0.5, 0.6) is 0 Å². The van der Waals surface area contributed by atoms with Crippen molar-refractivity contribution in [3.05, 3.63) is 46.0 Å². The van der Waals surface area contributed by atoms with Gasteiger partial charge in [0.15, 0.2) is 5.69 Å². The Labute approximate surface area is 112 Å². The minimum Gasteiger partial charge on any atom is -0.358 e. The van der Waals surface area contributed by atoms with Gasteiger partial charge in [-0.3, -0.25) is 0 Å². The minimum atomic E-state index is -0.572. The van der Waals surface area contributed by atoms with Crippen LogP contribution in [0.2, 0.25) is 0 Å². The molecule has 8 heteroatoms. The molecule has 0 aliphatic carbocycles. The fourth-order valence-corrected chi connectivity index (χ4v) is 1.66. The highest BCUT2D eigenvalue weighted by atomic mass is 16.6. The average Bonchev–Trinajstić information content (AvgIpc) is 3.08. The molecule has 0 fully saturated rings. The minimum absolute atomic E-state index is 0.199. The maximum atomic E-state index is 10.6. The maximum absolute atomic E-state index is 10.6. The molecule has 0 aliphatic heterocycles. The van der Waals surface area contributed by atoms with Crippen molar-refractivity contribution in [2.75, 3.05) is 0 Å². The van der Waals surface area contributed by atoms with Crippen LogP contribution >= 0.6 is 0 Å². The number of aryl methyl sites for hydroxylation is 1. The Hall–Kier alpha value is -3.03. The molecule has 0 bridgehead atoms. The number of benzene rings is 1. The second-order valence-corrected chi connectivity index (χ2v) is 4.18. The summed E-state index contributed by atoms with van der Waals surface area (Å²) in [6, 6.07) is 8.83. The molecule has 0 saturated carbocycles. The largest absolute Gasteiger partial charge is 0.358 e. The second kappa shape index (κ2) is 4.57. The molecule has 2 heterocycles. The van der Waals surface area contributed by atoms with Crippen LogP contribution in [-0.4, -0.2) is 25.3 Å². The third-order valence-electron chi connectivity index (χ3n) is 2.71. The molecule has 20 heavy (non-hydrogen) atoms. The summed E-state index contributed by atoms with van der Waals surface area (Å²) in [6.45, 7) is 1.98. The van der Waals surface area contributed by atoms with Gasteiger partial charge in [0.1, 0.15) is 0 Å². The van der Waals surface area contributed by atoms with E-state index in [4.69, 9.17) is 4.52 Å². The van der Waals surface area contributed by atoms with E-state index in [1.165, 1.54) is 6.07 Å². The van der Waals surface area contributed by atoms with Crippen LogP contribution in [0.25, 0.3) is 23.0 Å². The number of aromatic amines is 1. The van der Waals surface area contributed by atoms with E-state index in [1.807, 2.05) is 31.2 Å². The number of rotatable bonds is 3. The second-order valence-electron chi connectivity index (χ2n) is 4.18. The molecule has 2 aromatic heterocycles. The van der Waals surface area contributed by atoms with Crippen molar-refractivity contribution >= 4 is 5.82 Å². The molecule has 0 aliphatic rings. The highest BCUT2D eigenvalue weighted by Crippen LogP contribution is 2.22. The topological polar surface area (TPSA) is 111 Å². The van der Waals surface area contributed by atoms with Crippen molar-refractivity contribution in [2.45, 2.75) is 6.92 Å². The van der Waals surface area contributed by atoms with E-state index in [9.17, 15) is 10.1 Å². The van der Waals surface area contributed by atoms with Crippen molar-refractivity contribution in [1.29, 1.82) is 0 Å². The van der Waals surface area contributed by atoms with Gasteiger partial charge < -0.3 is 14.6 Å². The van der Waals surface area contributed by atoms with Gasteiger partial charge in [-0.15, -0.1) is 5.10 Å². The lowest BCUT2D eigenvalue weighted by Gasteiger charge is -1.93. The molecule has 0 amide bonds. The number of hydrogen-bond donors (Lipinski definition) is 1. The van der Waals surface area contributed by atoms with Gasteiger partial charge in [0.25, 0.3) is 5.89 Å². The number of nitrogens with zero attached hydrogens (tertiary/aromatic N) is 4. The van der Waals surface area contributed by atoms with E-state index < -0.39 is 4.92 Å². The van der Waals surface area contributed by atoms with E-state index in [2.05, 4.69) is 20.3 Å². The highest BCUT2D eigenvalue weighted by molar-refractivity contribution is 5.58. The number of H-pyrrole nitrogens is 1. The fourth-order valence-electron chi connectivity index (χ4n) is 1.66. The molecular weight excluding hydrogens is 262 g/mol. The molecule has 1 aromatic carbocycles. The standard InChI is InChI=1S/C12H9N5O3/c1-7-2-4-8(5-3-7)12-13-11(16-20-12)9-6-10(15-14-9)17(18)19/h2-6H,1H3,(H,14,15). The van der Waals surface area contributed by atoms with E-state index in [1.54, 1.807) is 0 Å². The predicted octanol–water partition coefficient (Wildman–Crippen LogP) is 2.34. The molecule has 3 aromatic rings. The van der Waals surface area contributed by atoms with E-state index in [0.717, 1.165) is 11.1 Å². The Morgan fingerprint density at radius 2 is 2.05 bits per heavy atom. The lowest BCUT2D eigenvalue weighted by atomic mass is 10.1. The van der Waals surface area contributed by atoms with Crippen molar-refractivity contribution in [3.63, 3.8) is 0 Å². The van der Waals surface area contributed by atoms with Gasteiger partial charge in [0, 0.05) is 5.56 Å². The molecule has 8 nitrogen and oxygen atoms in total. The van der Waals surface area contributed by atoms with Gasteiger partial charge in [0.05, 0.1) is 6.07 Å². The predicted molar refractivity (Wildman–Crippen MR) is 68.7 cm³/mol. The van der Waals surface area contributed by atoms with Crippen molar-refractivity contribution in [1.82, 2.24) is 20.3 Å². The van der Waals surface area contributed by atoms with E-state index >= 15 is 0 Å². The van der Waals surface area contributed by atoms with Crippen LogP contribution in [0.1, 0.15) is 5.56 Å². The zero-order chi connectivity index (χ0) is 14.1. The van der Waals surface area contributed by atoms with Crippen molar-refractivity contribution in [3.8, 4) is 23.0 Å². The fraction of sp³-hybridized carbons (Fsp3) is 0.0833. The first-order valence-corrected chi connectivity index (χ1v) is 5.74. The third kappa shape index (κ3) is 2.14. The molecule has 1 N–H and O–H groups in total. The van der Waals surface area contributed by atoms with Gasteiger partial charge in [0.2, 0.25) is 5.82 Å². The van der Waals surface area contributed by atoms with Crippen LogP contribution in [-0.2, 0) is 0 Å². The Bertz CT molecular complexity index is 760. The molecule has 3 rings (SSSR count). The molecule has 0 radical (unpaired) electrons. The quantitative estimate of drug-likeness (QED) is 0.578. The molecule has 0 unspecified atom stereocenters. The number of nitrogens with one attached hydrogen (secondary N) is 1. The van der Waals surface area contributed by atoms with Crippen LogP contribution in [0.4, 0.5) is 5.82 Å². The van der Waals surface area contributed by atoms with Crippen molar-refractivity contribution < 1.29 is 9.45 Å². The number of hydrogen-bond acceptors (Lipinski definition) is 6. The Morgan fingerprint density at radius 1 is 1.30 bits per heavy atom. The first-order chi connectivity index (χ1) is 9.63. The highest BCUT2D eigenvalue weighted by Gasteiger charge is 2.17. The summed E-state index contributed by atoms with van der Waals surface area (Å²) in [5.74, 6) is 0.317. The van der Waals surface area contributed by atoms with Gasteiger partial charge in [-0.05, 0) is 24.0 Å². The monoisotopic (exact) mass is 271 g/mol. The molecular formula is C12H9N5O3. The van der Waals surface area contributed by atoms with Crippen LogP contribution < -0.4 is 0 Å². The maximum Gasteiger partial charge on any atom is 0.343 e. The van der Waals surface area contributed by atoms with Gasteiger partial charge in [-0.2, -0.15) is 4.98 Å². The summed E-state index contributed by atoms with van der Waals surface area (Å²) < 4.78 is 5.13. The van der Waals surface area contributed by atoms with Crippen LogP contribution in [0, 0.1) is 17.0 Å². The first-order valence-electron chi connectivity index (χ1n) is 5.74. The summed E-state index contributed by atoms with van der Waals surface area (Å²) in [5, 5.41) is 20.4. The Kier molecular flexibility index (Phi) is 2.75. The molecule has 0 saturated heterocycles. The van der Waals surface area contributed by atoms with Crippen LogP contribution in [0.15, 0.2) is 34.9 Å². The van der Waals surface area contributed by atoms with Crippen molar-refractivity contribution in [2.24, 2.45) is 0 Å². The summed E-state index contributed by atoms with van der Waals surface area (Å²) >= 11 is 0. The number of nitro groups is 1. The lowest BCUT2D eigenvalue weighted by Crippen LogP contribution is -1.86. The molecule has 100 valence electrons. The van der Waals surface area contributed by atoms with Crippen LogP contribution in [0.3, 0.4) is 0 Å². The summed E-state index contributed by atoms with van der Waals surface area (Å²) in [4.78, 5) is 14.2. The SMILES string of the molecule is Cc1ccc(-c2nc(-c3cc([N+](=O)[O-])[nH]n3)no2)cc1.